The first kappa shape index (κ1) is 20.4. The van der Waals surface area contributed by atoms with E-state index < -0.39 is 43.4 Å². The first-order valence-corrected chi connectivity index (χ1v) is 9.61. The highest BCUT2D eigenvalue weighted by atomic mass is 31.2. The van der Waals surface area contributed by atoms with E-state index in [2.05, 4.69) is 0 Å². The first-order chi connectivity index (χ1) is 13.0. The quantitative estimate of drug-likeness (QED) is 0.613. The lowest BCUT2D eigenvalue weighted by Crippen LogP contribution is -2.43. The number of aliphatic hydroxyl groups is 1. The molecule has 2 heterocycles. The Morgan fingerprint density at radius 1 is 1.32 bits per heavy atom. The van der Waals surface area contributed by atoms with Gasteiger partial charge in [-0.2, -0.15) is 0 Å². The summed E-state index contributed by atoms with van der Waals surface area (Å²) < 4.78 is 43.0. The molecule has 2 aromatic rings. The van der Waals surface area contributed by atoms with Gasteiger partial charge in [0.1, 0.15) is 11.9 Å². The SMILES string of the molecule is Cc1ccccc1OP(=O)(O)O[C@H]1O[C@@H](n2ccc(=O)[nH]c2=O)[C@](C)(F)[C@@H]1O. The van der Waals surface area contributed by atoms with Gasteiger partial charge in [-0.1, -0.05) is 18.2 Å². The van der Waals surface area contributed by atoms with Crippen LogP contribution in [-0.4, -0.2) is 37.6 Å². The largest absolute Gasteiger partial charge is 0.529 e. The monoisotopic (exact) mass is 416 g/mol. The molecule has 3 rings (SSSR count). The maximum absolute atomic E-state index is 15.0. The van der Waals surface area contributed by atoms with E-state index >= 15 is 4.39 Å². The number of nitrogens with one attached hydrogen (secondary N) is 1. The van der Waals surface area contributed by atoms with Gasteiger partial charge >= 0.3 is 13.5 Å². The Balaban J connectivity index is 1.83. The number of phosphoric ester groups is 1. The molecule has 10 nitrogen and oxygen atoms in total. The summed E-state index contributed by atoms with van der Waals surface area (Å²) in [6, 6.07) is 7.28. The highest BCUT2D eigenvalue weighted by Gasteiger charge is 2.57. The van der Waals surface area contributed by atoms with E-state index in [-0.39, 0.29) is 5.75 Å². The predicted octanol–water partition coefficient (Wildman–Crippen LogP) is 0.985. The molecule has 1 aliphatic heterocycles. The maximum Gasteiger partial charge on any atom is 0.529 e. The van der Waals surface area contributed by atoms with E-state index in [4.69, 9.17) is 13.8 Å². The van der Waals surface area contributed by atoms with Gasteiger partial charge in [-0.15, -0.1) is 0 Å². The van der Waals surface area contributed by atoms with Crippen LogP contribution < -0.4 is 15.8 Å². The molecule has 0 amide bonds. The number of H-pyrrole nitrogens is 1. The molecule has 0 bridgehead atoms. The second-order valence-corrected chi connectivity index (χ2v) is 7.73. The van der Waals surface area contributed by atoms with Crippen LogP contribution in [0, 0.1) is 6.92 Å². The fraction of sp³-hybridized carbons (Fsp3) is 0.375. The summed E-state index contributed by atoms with van der Waals surface area (Å²) in [6.07, 6.45) is -4.70. The number of nitrogens with zero attached hydrogens (tertiary/aromatic N) is 1. The number of hydrogen-bond donors (Lipinski definition) is 3. The Kier molecular flexibility index (Phi) is 5.30. The second-order valence-electron chi connectivity index (χ2n) is 6.40. The summed E-state index contributed by atoms with van der Waals surface area (Å²) in [5, 5.41) is 10.2. The van der Waals surface area contributed by atoms with Crippen LogP contribution in [0.25, 0.3) is 0 Å². The molecule has 28 heavy (non-hydrogen) atoms. The molecule has 3 N–H and O–H groups in total. The zero-order valence-electron chi connectivity index (χ0n) is 14.8. The first-order valence-electron chi connectivity index (χ1n) is 8.11. The number of halogens is 1. The minimum Gasteiger partial charge on any atom is -0.404 e. The predicted molar refractivity (Wildman–Crippen MR) is 93.5 cm³/mol. The average Bonchev–Trinajstić information content (AvgIpc) is 2.80. The summed E-state index contributed by atoms with van der Waals surface area (Å²) >= 11 is 0. The molecule has 1 aromatic heterocycles. The number of para-hydroxylation sites is 1. The van der Waals surface area contributed by atoms with Crippen LogP contribution in [0.2, 0.25) is 0 Å². The number of alkyl halides is 1. The molecule has 152 valence electrons. The molecule has 12 heteroatoms. The van der Waals surface area contributed by atoms with Gasteiger partial charge < -0.3 is 14.4 Å². The fourth-order valence-corrected chi connectivity index (χ4v) is 3.64. The van der Waals surface area contributed by atoms with E-state index in [0.717, 1.165) is 19.2 Å². The van der Waals surface area contributed by atoms with Crippen LogP contribution in [-0.2, 0) is 13.8 Å². The Morgan fingerprint density at radius 2 is 2.00 bits per heavy atom. The van der Waals surface area contributed by atoms with Gasteiger partial charge in [-0.25, -0.2) is 18.3 Å². The van der Waals surface area contributed by atoms with Gasteiger partial charge in [0.25, 0.3) is 5.56 Å². The number of benzene rings is 1. The number of rotatable bonds is 5. The smallest absolute Gasteiger partial charge is 0.404 e. The Bertz CT molecular complexity index is 1040. The zero-order valence-corrected chi connectivity index (χ0v) is 15.7. The summed E-state index contributed by atoms with van der Waals surface area (Å²) in [5.41, 5.74) is -3.74. The van der Waals surface area contributed by atoms with Crippen molar-refractivity contribution < 1.29 is 32.7 Å². The second kappa shape index (κ2) is 7.26. The molecule has 0 spiro atoms. The molecule has 0 radical (unpaired) electrons. The molecule has 1 fully saturated rings. The number of ether oxygens (including phenoxy) is 1. The third kappa shape index (κ3) is 3.94. The van der Waals surface area contributed by atoms with E-state index in [9.17, 15) is 24.2 Å². The number of aryl methyl sites for hydroxylation is 1. The highest BCUT2D eigenvalue weighted by Crippen LogP contribution is 2.51. The number of hydrogen-bond acceptors (Lipinski definition) is 7. The van der Waals surface area contributed by atoms with E-state index in [1.807, 2.05) is 4.98 Å². The molecule has 1 saturated heterocycles. The number of aromatic amines is 1. The van der Waals surface area contributed by atoms with Crippen molar-refractivity contribution in [2.24, 2.45) is 0 Å². The van der Waals surface area contributed by atoms with Gasteiger partial charge in [0.2, 0.25) is 6.29 Å². The summed E-state index contributed by atoms with van der Waals surface area (Å²) in [5.74, 6) is 0.0530. The van der Waals surface area contributed by atoms with Crippen molar-refractivity contribution in [1.82, 2.24) is 9.55 Å². The third-order valence-electron chi connectivity index (χ3n) is 4.23. The molecule has 1 unspecified atom stereocenters. The molecule has 1 aromatic carbocycles. The van der Waals surface area contributed by atoms with E-state index in [0.29, 0.717) is 10.1 Å². The Hall–Kier alpha value is -2.30. The number of phosphoric acid groups is 1. The molecular formula is C16H18FN2O8P. The molecule has 0 saturated carbocycles. The van der Waals surface area contributed by atoms with Gasteiger partial charge in [-0.3, -0.25) is 19.2 Å². The van der Waals surface area contributed by atoms with Crippen LogP contribution in [0.5, 0.6) is 5.75 Å². The summed E-state index contributed by atoms with van der Waals surface area (Å²) in [4.78, 5) is 35.0. The Morgan fingerprint density at radius 3 is 2.64 bits per heavy atom. The maximum atomic E-state index is 15.0. The topological polar surface area (TPSA) is 140 Å². The van der Waals surface area contributed by atoms with Crippen molar-refractivity contribution in [3.05, 3.63) is 62.9 Å². The third-order valence-corrected chi connectivity index (χ3v) is 5.13. The van der Waals surface area contributed by atoms with E-state index in [1.54, 1.807) is 25.1 Å². The van der Waals surface area contributed by atoms with Gasteiger partial charge in [0, 0.05) is 12.3 Å². The van der Waals surface area contributed by atoms with Crippen LogP contribution in [0.4, 0.5) is 4.39 Å². The van der Waals surface area contributed by atoms with E-state index in [1.165, 1.54) is 6.07 Å². The fourth-order valence-electron chi connectivity index (χ4n) is 2.71. The molecule has 0 aliphatic carbocycles. The Labute approximate surface area is 157 Å². The normalized spacial score (nSPS) is 29.4. The van der Waals surface area contributed by atoms with Crippen molar-refractivity contribution in [3.63, 3.8) is 0 Å². The zero-order chi connectivity index (χ0) is 20.7. The van der Waals surface area contributed by atoms with Crippen LogP contribution in [0.1, 0.15) is 18.7 Å². The van der Waals surface area contributed by atoms with Crippen LogP contribution in [0.3, 0.4) is 0 Å². The lowest BCUT2D eigenvalue weighted by molar-refractivity contribution is -0.135. The summed E-state index contributed by atoms with van der Waals surface area (Å²) in [6.45, 7) is 2.56. The van der Waals surface area contributed by atoms with Crippen LogP contribution in [0.15, 0.2) is 46.1 Å². The lowest BCUT2D eigenvalue weighted by atomic mass is 10.0. The standard InChI is InChI=1S/C16H18FN2O8P/c1-9-5-3-4-6-10(9)26-28(23,24)27-13-12(21)16(2,17)14(25-13)19-8-7-11(20)18-15(19)22/h3-8,12-14,21H,1-2H3,(H,23,24)(H,18,20,22)/t12-,13-,14-,16-/m1/s1. The van der Waals surface area contributed by atoms with Crippen LogP contribution >= 0.6 is 7.82 Å². The van der Waals surface area contributed by atoms with Crippen molar-refractivity contribution in [2.75, 3.05) is 0 Å². The number of aromatic nitrogens is 2. The number of aliphatic hydroxyl groups excluding tert-OH is 1. The van der Waals surface area contributed by atoms with Crippen molar-refractivity contribution in [2.45, 2.75) is 38.1 Å². The van der Waals surface area contributed by atoms with Crippen molar-refractivity contribution >= 4 is 7.82 Å². The van der Waals surface area contributed by atoms with Crippen molar-refractivity contribution in [3.8, 4) is 5.75 Å². The summed E-state index contributed by atoms with van der Waals surface area (Å²) in [7, 11) is -4.82. The minimum absolute atomic E-state index is 0.0530. The lowest BCUT2D eigenvalue weighted by Gasteiger charge is -2.24. The average molecular weight is 416 g/mol. The van der Waals surface area contributed by atoms with Gasteiger partial charge in [-0.05, 0) is 25.5 Å². The molecular weight excluding hydrogens is 398 g/mol. The molecule has 1 aliphatic rings. The van der Waals surface area contributed by atoms with Gasteiger partial charge in [0.15, 0.2) is 11.9 Å². The molecule has 5 atom stereocenters. The minimum atomic E-state index is -4.82. The van der Waals surface area contributed by atoms with Gasteiger partial charge in [0.05, 0.1) is 0 Å². The highest BCUT2D eigenvalue weighted by molar-refractivity contribution is 7.47. The van der Waals surface area contributed by atoms with Crippen molar-refractivity contribution in [1.29, 1.82) is 0 Å².